The molecule has 5 rings (SSSR count). The van der Waals surface area contributed by atoms with E-state index < -0.39 is 17.6 Å². The van der Waals surface area contributed by atoms with Crippen LogP contribution in [0.2, 0.25) is 5.02 Å². The molecular formula is C23H14BrClF4N6OS. The summed E-state index contributed by atoms with van der Waals surface area (Å²) in [7, 11) is 0. The zero-order valence-corrected chi connectivity index (χ0v) is 21.8. The highest BCUT2D eigenvalue weighted by atomic mass is 79.9. The summed E-state index contributed by atoms with van der Waals surface area (Å²) in [5.41, 5.74) is 1.61. The minimum atomic E-state index is -4.44. The molecule has 0 amide bonds. The minimum Gasteiger partial charge on any atom is -0.485 e. The van der Waals surface area contributed by atoms with E-state index in [1.54, 1.807) is 30.7 Å². The third-order valence-corrected chi connectivity index (χ3v) is 6.96. The molecule has 0 unspecified atom stereocenters. The predicted molar refractivity (Wildman–Crippen MR) is 134 cm³/mol. The van der Waals surface area contributed by atoms with Gasteiger partial charge in [0.25, 0.3) is 0 Å². The highest BCUT2D eigenvalue weighted by Gasteiger charge is 2.31. The van der Waals surface area contributed by atoms with Crippen LogP contribution in [0.1, 0.15) is 11.3 Å². The Balaban J connectivity index is 1.40. The van der Waals surface area contributed by atoms with Gasteiger partial charge in [-0.15, -0.1) is 22.0 Å². The third-order valence-electron chi connectivity index (χ3n) is 5.30. The molecule has 0 saturated carbocycles. The maximum absolute atomic E-state index is 13.7. The van der Waals surface area contributed by atoms with Crippen LogP contribution in [0.3, 0.4) is 0 Å². The number of alkyl halides is 3. The molecular weight excluding hydrogens is 600 g/mol. The molecule has 0 aliphatic carbocycles. The monoisotopic (exact) mass is 612 g/mol. The Morgan fingerprint density at radius 3 is 2.62 bits per heavy atom. The van der Waals surface area contributed by atoms with Crippen molar-refractivity contribution in [2.45, 2.75) is 17.7 Å². The molecule has 14 heteroatoms. The molecule has 0 aliphatic heterocycles. The largest absolute Gasteiger partial charge is 0.485 e. The van der Waals surface area contributed by atoms with Gasteiger partial charge in [-0.1, -0.05) is 28.1 Å². The van der Waals surface area contributed by atoms with E-state index >= 15 is 0 Å². The fourth-order valence-electron chi connectivity index (χ4n) is 3.62. The lowest BCUT2D eigenvalue weighted by Crippen LogP contribution is -2.06. The summed E-state index contributed by atoms with van der Waals surface area (Å²) in [6, 6.07) is 11.1. The first-order chi connectivity index (χ1) is 17.7. The fourth-order valence-corrected chi connectivity index (χ4v) is 5.23. The molecule has 0 bridgehead atoms. The Hall–Kier alpha value is -3.16. The second-order valence-electron chi connectivity index (χ2n) is 7.67. The number of thioether (sulfide) groups is 1. The lowest BCUT2D eigenvalue weighted by atomic mass is 10.2. The Bertz CT molecular complexity index is 1600. The summed E-state index contributed by atoms with van der Waals surface area (Å²) in [6.07, 6.45) is -1.18. The molecule has 2 aromatic heterocycles. The molecule has 0 aliphatic rings. The molecule has 0 radical (unpaired) electrons. The average molecular weight is 614 g/mol. The van der Waals surface area contributed by atoms with Crippen molar-refractivity contribution in [1.82, 2.24) is 30.0 Å². The maximum atomic E-state index is 13.7. The van der Waals surface area contributed by atoms with E-state index in [2.05, 4.69) is 36.6 Å². The van der Waals surface area contributed by atoms with Crippen molar-refractivity contribution in [1.29, 1.82) is 0 Å². The summed E-state index contributed by atoms with van der Waals surface area (Å²) in [5, 5.41) is 16.6. The fraction of sp³-hybridized carbons (Fsp3) is 0.130. The number of hydrogen-bond donors (Lipinski definition) is 0. The van der Waals surface area contributed by atoms with Gasteiger partial charge in [0, 0.05) is 9.37 Å². The SMILES string of the molecule is CSc1cc(C(F)(F)F)ccc1-n1cc(COc2cccc3c2nnn3-c2c(Cl)cc(F)cc2Br)nn1. The van der Waals surface area contributed by atoms with Crippen molar-refractivity contribution in [2.24, 2.45) is 0 Å². The summed E-state index contributed by atoms with van der Waals surface area (Å²) in [5.74, 6) is -0.0879. The second-order valence-corrected chi connectivity index (χ2v) is 9.78. The number of ether oxygens (including phenoxy) is 1. The Morgan fingerprint density at radius 1 is 1.08 bits per heavy atom. The van der Waals surface area contributed by atoms with Gasteiger partial charge in [0.05, 0.1) is 28.0 Å². The standard InChI is InChI=1S/C23H14BrClF4N6OS/c1-37-20-7-12(23(27,28)29)5-6-17(20)34-10-14(30-32-34)11-36-19-4-2-3-18-21(19)31-33-35(18)22-15(24)8-13(26)9-16(22)25/h2-10H,11H2,1H3. The van der Waals surface area contributed by atoms with Crippen molar-refractivity contribution < 1.29 is 22.3 Å². The van der Waals surface area contributed by atoms with Crippen LogP contribution in [0.15, 0.2) is 64.1 Å². The van der Waals surface area contributed by atoms with Crippen LogP contribution < -0.4 is 4.74 Å². The Kier molecular flexibility index (Phi) is 6.86. The first-order valence-electron chi connectivity index (χ1n) is 10.4. The van der Waals surface area contributed by atoms with Crippen LogP contribution in [0, 0.1) is 5.82 Å². The van der Waals surface area contributed by atoms with Crippen LogP contribution in [0.25, 0.3) is 22.4 Å². The van der Waals surface area contributed by atoms with E-state index in [0.29, 0.717) is 43.2 Å². The number of rotatable bonds is 6. The number of hydrogen-bond acceptors (Lipinski definition) is 6. The van der Waals surface area contributed by atoms with Gasteiger partial charge in [0.2, 0.25) is 0 Å². The molecule has 7 nitrogen and oxygen atoms in total. The van der Waals surface area contributed by atoms with Crippen LogP contribution in [-0.2, 0) is 12.8 Å². The van der Waals surface area contributed by atoms with E-state index in [-0.39, 0.29) is 11.6 Å². The summed E-state index contributed by atoms with van der Waals surface area (Å²) in [6.45, 7) is 0.0161. The number of fused-ring (bicyclic) bond motifs is 1. The van der Waals surface area contributed by atoms with Crippen LogP contribution >= 0.6 is 39.3 Å². The maximum Gasteiger partial charge on any atom is 0.416 e. The van der Waals surface area contributed by atoms with Crippen LogP contribution in [0.5, 0.6) is 5.75 Å². The van der Waals surface area contributed by atoms with Crippen molar-refractivity contribution in [3.8, 4) is 17.1 Å². The minimum absolute atomic E-state index is 0.0161. The third kappa shape index (κ3) is 5.03. The van der Waals surface area contributed by atoms with Crippen molar-refractivity contribution >= 4 is 50.3 Å². The lowest BCUT2D eigenvalue weighted by molar-refractivity contribution is -0.137. The van der Waals surface area contributed by atoms with Gasteiger partial charge in [0.15, 0.2) is 5.52 Å². The van der Waals surface area contributed by atoms with Gasteiger partial charge >= 0.3 is 6.18 Å². The molecule has 0 spiro atoms. The Morgan fingerprint density at radius 2 is 1.89 bits per heavy atom. The summed E-state index contributed by atoms with van der Waals surface area (Å²) < 4.78 is 62.1. The average Bonchev–Trinajstić information content (AvgIpc) is 3.49. The van der Waals surface area contributed by atoms with Crippen molar-refractivity contribution in [3.63, 3.8) is 0 Å². The van der Waals surface area contributed by atoms with Gasteiger partial charge in [-0.3, -0.25) is 0 Å². The first kappa shape index (κ1) is 25.5. The smallest absolute Gasteiger partial charge is 0.416 e. The van der Waals surface area contributed by atoms with Gasteiger partial charge in [0.1, 0.15) is 29.6 Å². The summed E-state index contributed by atoms with van der Waals surface area (Å²) in [4.78, 5) is 0.402. The molecule has 2 heterocycles. The lowest BCUT2D eigenvalue weighted by Gasteiger charge is -2.11. The number of aromatic nitrogens is 6. The Labute approximate surface area is 224 Å². The van der Waals surface area contributed by atoms with Crippen molar-refractivity contribution in [2.75, 3.05) is 6.26 Å². The highest BCUT2D eigenvalue weighted by molar-refractivity contribution is 9.10. The van der Waals surface area contributed by atoms with E-state index in [0.717, 1.165) is 12.1 Å². The van der Waals surface area contributed by atoms with Crippen molar-refractivity contribution in [3.05, 3.63) is 81.3 Å². The number of benzene rings is 3. The molecule has 0 N–H and O–H groups in total. The number of nitrogens with zero attached hydrogens (tertiary/aromatic N) is 6. The van der Waals surface area contributed by atoms with Crippen LogP contribution in [0.4, 0.5) is 17.6 Å². The van der Waals surface area contributed by atoms with Crippen LogP contribution in [-0.4, -0.2) is 36.2 Å². The molecule has 3 aromatic carbocycles. The normalized spacial score (nSPS) is 11.9. The molecule has 0 saturated heterocycles. The zero-order valence-electron chi connectivity index (χ0n) is 18.7. The molecule has 0 atom stereocenters. The number of halogens is 6. The molecule has 5 aromatic rings. The predicted octanol–water partition coefficient (Wildman–Crippen LogP) is 6.88. The molecule has 190 valence electrons. The molecule has 0 fully saturated rings. The quantitative estimate of drug-likeness (QED) is 0.154. The van der Waals surface area contributed by atoms with E-state index in [4.69, 9.17) is 16.3 Å². The van der Waals surface area contributed by atoms with Gasteiger partial charge in [-0.05, 0) is 64.7 Å². The highest BCUT2D eigenvalue weighted by Crippen LogP contribution is 2.35. The second kappa shape index (κ2) is 9.95. The first-order valence-corrected chi connectivity index (χ1v) is 12.8. The topological polar surface area (TPSA) is 70.7 Å². The van der Waals surface area contributed by atoms with Gasteiger partial charge < -0.3 is 4.74 Å². The van der Waals surface area contributed by atoms with Gasteiger partial charge in [-0.25, -0.2) is 13.8 Å². The van der Waals surface area contributed by atoms with E-state index in [1.165, 1.54) is 39.3 Å². The van der Waals surface area contributed by atoms with E-state index in [1.807, 2.05) is 0 Å². The summed E-state index contributed by atoms with van der Waals surface area (Å²) >= 11 is 10.7. The molecule has 37 heavy (non-hydrogen) atoms. The van der Waals surface area contributed by atoms with E-state index in [9.17, 15) is 17.6 Å². The van der Waals surface area contributed by atoms with Gasteiger partial charge in [-0.2, -0.15) is 13.2 Å². The zero-order chi connectivity index (χ0) is 26.3.